The van der Waals surface area contributed by atoms with Gasteiger partial charge in [0.25, 0.3) is 5.91 Å². The lowest BCUT2D eigenvalue weighted by Gasteiger charge is -2.27. The smallest absolute Gasteiger partial charge is 0.257 e. The van der Waals surface area contributed by atoms with Gasteiger partial charge in [0.15, 0.2) is 0 Å². The van der Waals surface area contributed by atoms with Crippen LogP contribution in [0.5, 0.6) is 0 Å². The number of hydrogen-bond donors (Lipinski definition) is 1. The van der Waals surface area contributed by atoms with Gasteiger partial charge in [-0.05, 0) is 18.5 Å². The monoisotopic (exact) mass is 399 g/mol. The molecule has 30 heavy (non-hydrogen) atoms. The molecule has 2 aliphatic heterocycles. The summed E-state index contributed by atoms with van der Waals surface area (Å²) < 4.78 is 0. The first-order chi connectivity index (χ1) is 14.6. The minimum absolute atomic E-state index is 0.0160. The van der Waals surface area contributed by atoms with Crippen molar-refractivity contribution in [2.45, 2.75) is 6.04 Å². The van der Waals surface area contributed by atoms with E-state index in [-0.39, 0.29) is 11.9 Å². The number of aromatic nitrogens is 2. The third-order valence-electron chi connectivity index (χ3n) is 6.41. The molecule has 1 amide bonds. The van der Waals surface area contributed by atoms with Crippen LogP contribution in [-0.2, 0) is 0 Å². The molecular weight excluding hydrogens is 374 g/mol. The van der Waals surface area contributed by atoms with Gasteiger partial charge < -0.3 is 10.6 Å². The molecule has 0 spiro atoms. The number of anilines is 1. The SMILES string of the molecule is CN1C[C@H]2CN(C(=O)c3cnc(N)nc3-c3ccccc3)C[C@H]2[C@@H]1c1ccccc1. The van der Waals surface area contributed by atoms with Crippen LogP contribution in [0.15, 0.2) is 66.9 Å². The highest BCUT2D eigenvalue weighted by molar-refractivity contribution is 6.00. The van der Waals surface area contributed by atoms with E-state index in [0.29, 0.717) is 29.1 Å². The molecular formula is C24H25N5O. The molecule has 152 valence electrons. The molecule has 3 atom stereocenters. The molecule has 6 nitrogen and oxygen atoms in total. The van der Waals surface area contributed by atoms with E-state index >= 15 is 0 Å². The van der Waals surface area contributed by atoms with E-state index in [2.05, 4.69) is 46.2 Å². The molecule has 2 N–H and O–H groups in total. The van der Waals surface area contributed by atoms with Crippen LogP contribution in [-0.4, -0.2) is 52.4 Å². The van der Waals surface area contributed by atoms with Crippen molar-refractivity contribution in [1.82, 2.24) is 19.8 Å². The molecule has 5 rings (SSSR count). The first kappa shape index (κ1) is 18.8. The van der Waals surface area contributed by atoms with E-state index in [1.165, 1.54) is 5.56 Å². The highest BCUT2D eigenvalue weighted by Crippen LogP contribution is 2.44. The number of nitrogen functional groups attached to an aromatic ring is 1. The van der Waals surface area contributed by atoms with E-state index in [4.69, 9.17) is 5.73 Å². The van der Waals surface area contributed by atoms with Crippen LogP contribution >= 0.6 is 0 Å². The predicted molar refractivity (Wildman–Crippen MR) is 117 cm³/mol. The third kappa shape index (κ3) is 3.23. The van der Waals surface area contributed by atoms with E-state index in [9.17, 15) is 4.79 Å². The number of hydrogen-bond acceptors (Lipinski definition) is 5. The molecule has 0 saturated carbocycles. The molecule has 3 heterocycles. The Hall–Kier alpha value is -3.25. The lowest BCUT2D eigenvalue weighted by molar-refractivity contribution is 0.0768. The molecule has 1 aromatic heterocycles. The molecule has 3 aromatic rings. The van der Waals surface area contributed by atoms with Gasteiger partial charge in [0.1, 0.15) is 0 Å². The van der Waals surface area contributed by atoms with Crippen LogP contribution in [0.2, 0.25) is 0 Å². The van der Waals surface area contributed by atoms with Crippen LogP contribution in [0.3, 0.4) is 0 Å². The first-order valence-corrected chi connectivity index (χ1v) is 10.3. The Labute approximate surface area is 176 Å². The van der Waals surface area contributed by atoms with Gasteiger partial charge in [-0.1, -0.05) is 60.7 Å². The van der Waals surface area contributed by atoms with Gasteiger partial charge in [-0.3, -0.25) is 9.69 Å². The van der Waals surface area contributed by atoms with Gasteiger partial charge in [0, 0.05) is 43.4 Å². The number of nitrogens with zero attached hydrogens (tertiary/aromatic N) is 4. The maximum atomic E-state index is 13.5. The van der Waals surface area contributed by atoms with Crippen molar-refractivity contribution in [2.24, 2.45) is 11.8 Å². The fourth-order valence-electron chi connectivity index (χ4n) is 5.11. The number of fused-ring (bicyclic) bond motifs is 1. The second kappa shape index (κ2) is 7.54. The predicted octanol–water partition coefficient (Wildman–Crippen LogP) is 3.10. The Kier molecular flexibility index (Phi) is 4.71. The summed E-state index contributed by atoms with van der Waals surface area (Å²) in [4.78, 5) is 26.4. The summed E-state index contributed by atoms with van der Waals surface area (Å²) in [6, 6.07) is 20.6. The Morgan fingerprint density at radius 2 is 1.70 bits per heavy atom. The largest absolute Gasteiger partial charge is 0.368 e. The second-order valence-electron chi connectivity index (χ2n) is 8.29. The van der Waals surface area contributed by atoms with E-state index in [1.54, 1.807) is 6.20 Å². The zero-order chi connectivity index (χ0) is 20.7. The van der Waals surface area contributed by atoms with Crippen molar-refractivity contribution in [3.63, 3.8) is 0 Å². The number of carbonyl (C=O) groups is 1. The van der Waals surface area contributed by atoms with E-state index < -0.39 is 0 Å². The molecule has 2 saturated heterocycles. The minimum atomic E-state index is -0.0160. The Morgan fingerprint density at radius 3 is 2.43 bits per heavy atom. The minimum Gasteiger partial charge on any atom is -0.368 e. The maximum absolute atomic E-state index is 13.5. The quantitative estimate of drug-likeness (QED) is 0.732. The molecule has 0 unspecified atom stereocenters. The molecule has 0 radical (unpaired) electrons. The molecule has 2 aromatic carbocycles. The average Bonchev–Trinajstić information content (AvgIpc) is 3.31. The van der Waals surface area contributed by atoms with Crippen molar-refractivity contribution in [3.05, 3.63) is 78.0 Å². The van der Waals surface area contributed by atoms with Crippen molar-refractivity contribution in [3.8, 4) is 11.3 Å². The lowest BCUT2D eigenvalue weighted by atomic mass is 9.90. The summed E-state index contributed by atoms with van der Waals surface area (Å²) in [5, 5.41) is 0. The Balaban J connectivity index is 1.43. The zero-order valence-corrected chi connectivity index (χ0v) is 17.0. The number of amides is 1. The third-order valence-corrected chi connectivity index (χ3v) is 6.41. The van der Waals surface area contributed by atoms with E-state index in [1.807, 2.05) is 41.3 Å². The molecule has 6 heteroatoms. The highest BCUT2D eigenvalue weighted by atomic mass is 16.2. The van der Waals surface area contributed by atoms with Crippen molar-refractivity contribution < 1.29 is 4.79 Å². The second-order valence-corrected chi connectivity index (χ2v) is 8.29. The van der Waals surface area contributed by atoms with Gasteiger partial charge in [0.05, 0.1) is 11.3 Å². The van der Waals surface area contributed by atoms with Crippen LogP contribution in [0.4, 0.5) is 5.95 Å². The summed E-state index contributed by atoms with van der Waals surface area (Å²) in [5.41, 5.74) is 9.14. The van der Waals surface area contributed by atoms with Gasteiger partial charge in [0.2, 0.25) is 5.95 Å². The molecule has 2 aliphatic rings. The van der Waals surface area contributed by atoms with Gasteiger partial charge in [-0.15, -0.1) is 0 Å². The van der Waals surface area contributed by atoms with E-state index in [0.717, 1.165) is 25.2 Å². The number of likely N-dealkylation sites (tertiary alicyclic amines) is 2. The van der Waals surface area contributed by atoms with Gasteiger partial charge >= 0.3 is 0 Å². The number of benzene rings is 2. The maximum Gasteiger partial charge on any atom is 0.257 e. The Bertz CT molecular complexity index is 1060. The van der Waals surface area contributed by atoms with Crippen LogP contribution in [0, 0.1) is 11.8 Å². The first-order valence-electron chi connectivity index (χ1n) is 10.3. The Morgan fingerprint density at radius 1 is 1.00 bits per heavy atom. The summed E-state index contributed by atoms with van der Waals surface area (Å²) in [7, 11) is 2.18. The summed E-state index contributed by atoms with van der Waals surface area (Å²) in [5.74, 6) is 1.06. The number of carbonyl (C=O) groups excluding carboxylic acids is 1. The fraction of sp³-hybridized carbons (Fsp3) is 0.292. The number of rotatable bonds is 3. The average molecular weight is 399 g/mol. The molecule has 2 fully saturated rings. The molecule has 0 bridgehead atoms. The van der Waals surface area contributed by atoms with Crippen molar-refractivity contribution >= 4 is 11.9 Å². The zero-order valence-electron chi connectivity index (χ0n) is 17.0. The lowest BCUT2D eigenvalue weighted by Crippen LogP contribution is -2.34. The fourth-order valence-corrected chi connectivity index (χ4v) is 5.11. The summed E-state index contributed by atoms with van der Waals surface area (Å²) >= 11 is 0. The highest BCUT2D eigenvalue weighted by Gasteiger charge is 2.47. The summed E-state index contributed by atoms with van der Waals surface area (Å²) in [6.07, 6.45) is 1.57. The van der Waals surface area contributed by atoms with Crippen LogP contribution < -0.4 is 5.73 Å². The summed E-state index contributed by atoms with van der Waals surface area (Å²) in [6.45, 7) is 2.50. The van der Waals surface area contributed by atoms with Crippen molar-refractivity contribution in [2.75, 3.05) is 32.4 Å². The normalized spacial score (nSPS) is 23.5. The van der Waals surface area contributed by atoms with Crippen LogP contribution in [0.25, 0.3) is 11.3 Å². The van der Waals surface area contributed by atoms with Crippen LogP contribution in [0.1, 0.15) is 22.0 Å². The van der Waals surface area contributed by atoms with Crippen molar-refractivity contribution in [1.29, 1.82) is 0 Å². The molecule has 0 aliphatic carbocycles. The van der Waals surface area contributed by atoms with Gasteiger partial charge in [-0.2, -0.15) is 0 Å². The topological polar surface area (TPSA) is 75.3 Å². The standard InChI is InChI=1S/C24H25N5O/c1-28-13-18-14-29(15-20(18)22(28)17-10-6-3-7-11-17)23(30)19-12-26-24(25)27-21(19)16-8-4-2-5-9-16/h2-12,18,20,22H,13-15H2,1H3,(H2,25,26,27)/t18-,20+,22-/m0/s1. The van der Waals surface area contributed by atoms with Gasteiger partial charge in [-0.25, -0.2) is 9.97 Å². The number of nitrogens with two attached hydrogens (primary N) is 1.